The topological polar surface area (TPSA) is 75.4 Å². The molecular weight excluding hydrogens is 362 g/mol. The van der Waals surface area contributed by atoms with Crippen LogP contribution in [-0.4, -0.2) is 35.8 Å². The van der Waals surface area contributed by atoms with Gasteiger partial charge in [0.15, 0.2) is 0 Å². The van der Waals surface area contributed by atoms with Gasteiger partial charge in [0.05, 0.1) is 6.04 Å². The summed E-state index contributed by atoms with van der Waals surface area (Å²) >= 11 is 6.07. The summed E-state index contributed by atoms with van der Waals surface area (Å²) in [7, 11) is 0. The number of rotatable bonds is 4. The minimum Gasteiger partial charge on any atom is -0.341 e. The van der Waals surface area contributed by atoms with Crippen LogP contribution in [0.3, 0.4) is 0 Å². The Bertz CT molecular complexity index is 830. The SMILES string of the molecule is C[C@@H](N)C(=O)N1CCC(C(=O)Nc2cccc(-c3cccc(Cl)c3)c2)CC1. The van der Waals surface area contributed by atoms with Gasteiger partial charge in [-0.1, -0.05) is 35.9 Å². The molecule has 3 rings (SSSR count). The van der Waals surface area contributed by atoms with Crippen LogP contribution in [0.4, 0.5) is 5.69 Å². The maximum Gasteiger partial charge on any atom is 0.239 e. The van der Waals surface area contributed by atoms with E-state index in [1.165, 1.54) is 0 Å². The lowest BCUT2D eigenvalue weighted by molar-refractivity contribution is -0.135. The molecule has 2 aromatic rings. The number of anilines is 1. The van der Waals surface area contributed by atoms with Gasteiger partial charge >= 0.3 is 0 Å². The number of likely N-dealkylation sites (tertiary alicyclic amines) is 1. The first-order valence-corrected chi connectivity index (χ1v) is 9.53. The van der Waals surface area contributed by atoms with Gasteiger partial charge in [-0.15, -0.1) is 0 Å². The van der Waals surface area contributed by atoms with Crippen molar-refractivity contribution in [1.29, 1.82) is 0 Å². The van der Waals surface area contributed by atoms with E-state index in [9.17, 15) is 9.59 Å². The first kappa shape index (κ1) is 19.4. The van der Waals surface area contributed by atoms with Crippen LogP contribution in [0.15, 0.2) is 48.5 Å². The average molecular weight is 386 g/mol. The molecule has 0 saturated carbocycles. The Morgan fingerprint density at radius 3 is 2.37 bits per heavy atom. The number of halogens is 1. The zero-order chi connectivity index (χ0) is 19.4. The fourth-order valence-corrected chi connectivity index (χ4v) is 3.53. The molecule has 1 aliphatic heterocycles. The van der Waals surface area contributed by atoms with Crippen LogP contribution in [0, 0.1) is 5.92 Å². The Kier molecular flexibility index (Phi) is 6.14. The van der Waals surface area contributed by atoms with Crippen molar-refractivity contribution in [2.75, 3.05) is 18.4 Å². The number of nitrogens with one attached hydrogen (secondary N) is 1. The average Bonchev–Trinajstić information content (AvgIpc) is 2.67. The second kappa shape index (κ2) is 8.55. The molecule has 0 aliphatic carbocycles. The fourth-order valence-electron chi connectivity index (χ4n) is 3.34. The minimum atomic E-state index is -0.496. The summed E-state index contributed by atoms with van der Waals surface area (Å²) in [6, 6.07) is 14.8. The molecule has 1 aliphatic rings. The van der Waals surface area contributed by atoms with Gasteiger partial charge in [-0.05, 0) is 55.2 Å². The largest absolute Gasteiger partial charge is 0.341 e. The number of nitrogens with two attached hydrogens (primary N) is 1. The van der Waals surface area contributed by atoms with E-state index in [1.807, 2.05) is 48.5 Å². The van der Waals surface area contributed by atoms with Crippen molar-refractivity contribution in [1.82, 2.24) is 4.90 Å². The van der Waals surface area contributed by atoms with Crippen molar-refractivity contribution in [2.45, 2.75) is 25.8 Å². The molecule has 0 radical (unpaired) electrons. The van der Waals surface area contributed by atoms with E-state index in [-0.39, 0.29) is 17.7 Å². The molecule has 0 unspecified atom stereocenters. The summed E-state index contributed by atoms with van der Waals surface area (Å²) in [5, 5.41) is 3.68. The van der Waals surface area contributed by atoms with Crippen molar-refractivity contribution >= 4 is 29.1 Å². The van der Waals surface area contributed by atoms with E-state index in [4.69, 9.17) is 17.3 Å². The standard InChI is InChI=1S/C21H24ClN3O2/c1-14(23)21(27)25-10-8-15(9-11-25)20(26)24-19-7-3-5-17(13-19)16-4-2-6-18(22)12-16/h2-7,12-15H,8-11,23H2,1H3,(H,24,26)/t14-/m1/s1. The monoisotopic (exact) mass is 385 g/mol. The van der Waals surface area contributed by atoms with Crippen LogP contribution in [-0.2, 0) is 9.59 Å². The molecular formula is C21H24ClN3O2. The predicted molar refractivity (Wildman–Crippen MR) is 108 cm³/mol. The second-order valence-electron chi connectivity index (χ2n) is 6.97. The van der Waals surface area contributed by atoms with Crippen LogP contribution < -0.4 is 11.1 Å². The summed E-state index contributed by atoms with van der Waals surface area (Å²) in [6.07, 6.45) is 1.30. The van der Waals surface area contributed by atoms with E-state index in [0.717, 1.165) is 16.8 Å². The molecule has 27 heavy (non-hydrogen) atoms. The van der Waals surface area contributed by atoms with E-state index in [1.54, 1.807) is 11.8 Å². The van der Waals surface area contributed by atoms with Crippen molar-refractivity contribution in [3.8, 4) is 11.1 Å². The van der Waals surface area contributed by atoms with Gasteiger partial charge < -0.3 is 16.0 Å². The lowest BCUT2D eigenvalue weighted by Crippen LogP contribution is -2.47. The highest BCUT2D eigenvalue weighted by Crippen LogP contribution is 2.26. The van der Waals surface area contributed by atoms with E-state index < -0.39 is 6.04 Å². The van der Waals surface area contributed by atoms with Gasteiger partial charge in [-0.2, -0.15) is 0 Å². The normalized spacial score (nSPS) is 16.0. The zero-order valence-electron chi connectivity index (χ0n) is 15.3. The Balaban J connectivity index is 1.62. The maximum atomic E-state index is 12.6. The predicted octanol–water partition coefficient (Wildman–Crippen LogP) is 3.53. The van der Waals surface area contributed by atoms with E-state index in [0.29, 0.717) is 31.0 Å². The molecule has 1 saturated heterocycles. The molecule has 0 aromatic heterocycles. The third-order valence-electron chi connectivity index (χ3n) is 4.86. The number of carbonyl (C=O) groups excluding carboxylic acids is 2. The van der Waals surface area contributed by atoms with Crippen LogP contribution in [0.25, 0.3) is 11.1 Å². The van der Waals surface area contributed by atoms with Crippen molar-refractivity contribution < 1.29 is 9.59 Å². The maximum absolute atomic E-state index is 12.6. The number of hydrogen-bond acceptors (Lipinski definition) is 3. The molecule has 1 atom stereocenters. The minimum absolute atomic E-state index is 0.00820. The molecule has 142 valence electrons. The van der Waals surface area contributed by atoms with E-state index in [2.05, 4.69) is 5.32 Å². The number of amides is 2. The van der Waals surface area contributed by atoms with Crippen LogP contribution in [0.1, 0.15) is 19.8 Å². The third kappa shape index (κ3) is 4.87. The Morgan fingerprint density at radius 2 is 1.74 bits per heavy atom. The molecule has 0 bridgehead atoms. The van der Waals surface area contributed by atoms with Gasteiger partial charge in [0.25, 0.3) is 0 Å². The summed E-state index contributed by atoms with van der Waals surface area (Å²) in [5.41, 5.74) is 8.41. The number of benzene rings is 2. The summed E-state index contributed by atoms with van der Waals surface area (Å²) in [5.74, 6) is -0.161. The number of hydrogen-bond donors (Lipinski definition) is 2. The Labute approximate surface area is 164 Å². The number of nitrogens with zero attached hydrogens (tertiary/aromatic N) is 1. The smallest absolute Gasteiger partial charge is 0.239 e. The van der Waals surface area contributed by atoms with Crippen LogP contribution in [0.5, 0.6) is 0 Å². The lowest BCUT2D eigenvalue weighted by atomic mass is 9.95. The summed E-state index contributed by atoms with van der Waals surface area (Å²) < 4.78 is 0. The van der Waals surface area contributed by atoms with Crippen molar-refractivity contribution in [2.24, 2.45) is 11.7 Å². The van der Waals surface area contributed by atoms with Gasteiger partial charge in [0.2, 0.25) is 11.8 Å². The quantitative estimate of drug-likeness (QED) is 0.845. The van der Waals surface area contributed by atoms with Gasteiger partial charge in [-0.3, -0.25) is 9.59 Å². The molecule has 5 nitrogen and oxygen atoms in total. The number of carbonyl (C=O) groups is 2. The Hall–Kier alpha value is -2.37. The first-order chi connectivity index (χ1) is 12.9. The van der Waals surface area contributed by atoms with Gasteiger partial charge in [0, 0.05) is 29.7 Å². The molecule has 6 heteroatoms. The van der Waals surface area contributed by atoms with E-state index >= 15 is 0 Å². The molecule has 1 heterocycles. The zero-order valence-corrected chi connectivity index (χ0v) is 16.1. The highest BCUT2D eigenvalue weighted by molar-refractivity contribution is 6.30. The fraction of sp³-hybridized carbons (Fsp3) is 0.333. The van der Waals surface area contributed by atoms with Crippen molar-refractivity contribution in [3.63, 3.8) is 0 Å². The summed E-state index contributed by atoms with van der Waals surface area (Å²) in [4.78, 5) is 26.3. The molecule has 2 aromatic carbocycles. The van der Waals surface area contributed by atoms with Crippen molar-refractivity contribution in [3.05, 3.63) is 53.6 Å². The van der Waals surface area contributed by atoms with Crippen LogP contribution in [0.2, 0.25) is 5.02 Å². The molecule has 1 fully saturated rings. The van der Waals surface area contributed by atoms with Crippen LogP contribution >= 0.6 is 11.6 Å². The number of piperidine rings is 1. The Morgan fingerprint density at radius 1 is 1.11 bits per heavy atom. The summed E-state index contributed by atoms with van der Waals surface area (Å²) in [6.45, 7) is 2.83. The lowest BCUT2D eigenvalue weighted by Gasteiger charge is -2.32. The third-order valence-corrected chi connectivity index (χ3v) is 5.09. The highest BCUT2D eigenvalue weighted by Gasteiger charge is 2.28. The van der Waals surface area contributed by atoms with Gasteiger partial charge in [0.1, 0.15) is 0 Å². The van der Waals surface area contributed by atoms with Gasteiger partial charge in [-0.25, -0.2) is 0 Å². The highest BCUT2D eigenvalue weighted by atomic mass is 35.5. The first-order valence-electron chi connectivity index (χ1n) is 9.15. The second-order valence-corrected chi connectivity index (χ2v) is 7.41. The molecule has 2 amide bonds. The molecule has 0 spiro atoms. The molecule has 3 N–H and O–H groups in total.